The van der Waals surface area contributed by atoms with Crippen molar-refractivity contribution in [2.45, 2.75) is 56.4 Å². The molecule has 16 heteroatoms. The molecule has 1 unspecified atom stereocenters. The highest BCUT2D eigenvalue weighted by Crippen LogP contribution is 2.35. The zero-order valence-corrected chi connectivity index (χ0v) is 23.0. The van der Waals surface area contributed by atoms with E-state index in [1.54, 1.807) is 24.3 Å². The van der Waals surface area contributed by atoms with Gasteiger partial charge in [-0.25, -0.2) is 22.5 Å². The number of amides is 1. The van der Waals surface area contributed by atoms with E-state index in [2.05, 4.69) is 10.3 Å². The Labute approximate surface area is 236 Å². The summed E-state index contributed by atoms with van der Waals surface area (Å²) in [5.41, 5.74) is 0.746. The van der Waals surface area contributed by atoms with Gasteiger partial charge in [0.25, 0.3) is 23.0 Å². The number of halogens is 4. The maximum absolute atomic E-state index is 13.3. The van der Waals surface area contributed by atoms with E-state index in [0.717, 1.165) is 5.01 Å². The molecule has 0 radical (unpaired) electrons. The summed E-state index contributed by atoms with van der Waals surface area (Å²) in [4.78, 5) is 24.5. The first-order valence-corrected chi connectivity index (χ1v) is 15.1. The van der Waals surface area contributed by atoms with E-state index in [1.165, 1.54) is 16.2 Å². The van der Waals surface area contributed by atoms with E-state index >= 15 is 0 Å². The maximum Gasteiger partial charge on any atom is 0.282 e. The second-order valence-corrected chi connectivity index (χ2v) is 12.1. The molecule has 10 nitrogen and oxygen atoms in total. The van der Waals surface area contributed by atoms with Crippen LogP contribution >= 0.6 is 11.3 Å². The number of carbonyl (C=O) groups excluding carboxylic acids is 1. The van der Waals surface area contributed by atoms with Gasteiger partial charge in [0.15, 0.2) is 6.10 Å². The normalized spacial score (nSPS) is 18.3. The van der Waals surface area contributed by atoms with Crippen LogP contribution in [0.5, 0.6) is 0 Å². The van der Waals surface area contributed by atoms with Gasteiger partial charge in [-0.1, -0.05) is 29.4 Å². The molecule has 0 aliphatic carbocycles. The number of thiazole rings is 1. The zero-order valence-electron chi connectivity index (χ0n) is 21.4. The molecule has 220 valence electrons. The van der Waals surface area contributed by atoms with Crippen molar-refractivity contribution >= 4 is 33.1 Å². The van der Waals surface area contributed by atoms with Crippen LogP contribution < -0.4 is 0 Å². The number of aromatic nitrogens is 3. The van der Waals surface area contributed by atoms with Crippen LogP contribution in [0.1, 0.15) is 77.4 Å². The van der Waals surface area contributed by atoms with Crippen molar-refractivity contribution in [1.29, 1.82) is 0 Å². The van der Waals surface area contributed by atoms with Crippen molar-refractivity contribution in [3.8, 4) is 0 Å². The fraction of sp³-hybridized carbons (Fsp3) is 0.440. The van der Waals surface area contributed by atoms with E-state index in [1.807, 2.05) is 5.38 Å². The molecule has 3 aromatic rings. The number of piperidine rings is 1. The van der Waals surface area contributed by atoms with Crippen molar-refractivity contribution in [3.63, 3.8) is 0 Å². The lowest BCUT2D eigenvalue weighted by Crippen LogP contribution is -2.40. The molecule has 5 rings (SSSR count). The van der Waals surface area contributed by atoms with Crippen LogP contribution in [0.25, 0.3) is 0 Å². The Morgan fingerprint density at radius 1 is 1.15 bits per heavy atom. The topological polar surface area (TPSA) is 127 Å². The van der Waals surface area contributed by atoms with Gasteiger partial charge in [-0.3, -0.25) is 14.0 Å². The van der Waals surface area contributed by atoms with Crippen molar-refractivity contribution in [2.24, 2.45) is 5.16 Å². The van der Waals surface area contributed by atoms with Crippen molar-refractivity contribution in [3.05, 3.63) is 68.9 Å². The Kier molecular flexibility index (Phi) is 8.42. The SMILES string of the molecule is O=C(Cn1nc(C(F)F)cc1C(F)F)N1CCC(c2nc(C3=NOC(c4ccccc4CS(=O)(=O)O)C3)cs2)CC1. The average Bonchev–Trinajstić information content (AvgIpc) is 3.68. The number of nitrogens with zero attached hydrogens (tertiary/aromatic N) is 5. The second kappa shape index (κ2) is 11.9. The van der Waals surface area contributed by atoms with E-state index in [0.29, 0.717) is 65.6 Å². The third kappa shape index (κ3) is 6.76. The maximum atomic E-state index is 13.3. The van der Waals surface area contributed by atoms with Gasteiger partial charge in [-0.05, 0) is 30.0 Å². The van der Waals surface area contributed by atoms with Crippen molar-refractivity contribution in [2.75, 3.05) is 13.1 Å². The van der Waals surface area contributed by atoms with Gasteiger partial charge in [0.1, 0.15) is 29.4 Å². The van der Waals surface area contributed by atoms with Crippen molar-refractivity contribution < 1.29 is 40.2 Å². The average molecular weight is 616 g/mol. The summed E-state index contributed by atoms with van der Waals surface area (Å²) in [7, 11) is -4.23. The van der Waals surface area contributed by atoms with Gasteiger partial charge >= 0.3 is 0 Å². The van der Waals surface area contributed by atoms with Crippen LogP contribution in [0.2, 0.25) is 0 Å². The molecule has 1 fully saturated rings. The summed E-state index contributed by atoms with van der Waals surface area (Å²) >= 11 is 1.44. The first kappa shape index (κ1) is 29.1. The molecule has 0 saturated carbocycles. The molecule has 41 heavy (non-hydrogen) atoms. The summed E-state index contributed by atoms with van der Waals surface area (Å²) in [6.45, 7) is 0.150. The van der Waals surface area contributed by atoms with Gasteiger partial charge in [0, 0.05) is 30.8 Å². The number of carbonyl (C=O) groups is 1. The third-order valence-electron chi connectivity index (χ3n) is 6.99. The van der Waals surface area contributed by atoms with Gasteiger partial charge in [0.2, 0.25) is 5.91 Å². The van der Waals surface area contributed by atoms with Crippen LogP contribution in [0.3, 0.4) is 0 Å². The fourth-order valence-electron chi connectivity index (χ4n) is 4.94. The van der Waals surface area contributed by atoms with Gasteiger partial charge in [-0.15, -0.1) is 11.3 Å². The Morgan fingerprint density at radius 3 is 2.56 bits per heavy atom. The summed E-state index contributed by atoms with van der Waals surface area (Å²) in [5, 5.41) is 10.3. The first-order valence-electron chi connectivity index (χ1n) is 12.6. The van der Waals surface area contributed by atoms with Crippen LogP contribution in [-0.4, -0.2) is 57.3 Å². The van der Waals surface area contributed by atoms with Gasteiger partial charge < -0.3 is 9.74 Å². The monoisotopic (exact) mass is 615 g/mol. The van der Waals surface area contributed by atoms with E-state index in [9.17, 15) is 35.3 Å². The highest BCUT2D eigenvalue weighted by atomic mass is 32.2. The summed E-state index contributed by atoms with van der Waals surface area (Å²) in [6.07, 6.45) is -5.06. The van der Waals surface area contributed by atoms with Crippen LogP contribution in [0.15, 0.2) is 40.9 Å². The third-order valence-corrected chi connectivity index (χ3v) is 8.67. The molecule has 1 N–H and O–H groups in total. The molecule has 1 amide bonds. The molecule has 0 bridgehead atoms. The smallest absolute Gasteiger partial charge is 0.282 e. The number of alkyl halides is 4. The molecule has 0 spiro atoms. The van der Waals surface area contributed by atoms with Crippen LogP contribution in [0.4, 0.5) is 17.6 Å². The molecule has 2 aliphatic rings. The van der Waals surface area contributed by atoms with E-state index in [4.69, 9.17) is 9.82 Å². The molecule has 1 saturated heterocycles. The minimum absolute atomic E-state index is 0.0544. The number of hydrogen-bond acceptors (Lipinski definition) is 8. The van der Waals surface area contributed by atoms with E-state index in [-0.39, 0.29) is 5.92 Å². The van der Waals surface area contributed by atoms with Gasteiger partial charge in [-0.2, -0.15) is 13.5 Å². The predicted molar refractivity (Wildman–Crippen MR) is 139 cm³/mol. The lowest BCUT2D eigenvalue weighted by atomic mass is 9.97. The second-order valence-electron chi connectivity index (χ2n) is 9.74. The number of rotatable bonds is 9. The zero-order chi connectivity index (χ0) is 29.3. The molecule has 2 aromatic heterocycles. The lowest BCUT2D eigenvalue weighted by Gasteiger charge is -2.31. The largest absolute Gasteiger partial charge is 0.387 e. The minimum Gasteiger partial charge on any atom is -0.387 e. The Morgan fingerprint density at radius 2 is 1.88 bits per heavy atom. The lowest BCUT2D eigenvalue weighted by molar-refractivity contribution is -0.133. The fourth-order valence-corrected chi connectivity index (χ4v) is 6.60. The number of likely N-dealkylation sites (tertiary alicyclic amines) is 1. The number of oxime groups is 1. The molecule has 2 aliphatic heterocycles. The number of benzene rings is 1. The standard InChI is InChI=1S/C25H25F4N5O5S2/c26-23(27)18-9-20(24(28)29)34(31-18)11-22(35)33-7-5-14(6-8-33)25-30-19(12-40-25)17-10-21(39-32-17)16-4-2-1-3-15(16)13-41(36,37)38/h1-4,9,12,14,21,23-24H,5-8,10-11,13H2,(H,36,37,38). The highest BCUT2D eigenvalue weighted by Gasteiger charge is 2.31. The predicted octanol–water partition coefficient (Wildman–Crippen LogP) is 4.87. The molecule has 1 aromatic carbocycles. The van der Waals surface area contributed by atoms with Gasteiger partial charge in [0.05, 0.1) is 10.7 Å². The van der Waals surface area contributed by atoms with Crippen LogP contribution in [-0.2, 0) is 32.0 Å². The highest BCUT2D eigenvalue weighted by molar-refractivity contribution is 7.85. The summed E-state index contributed by atoms with van der Waals surface area (Å²) in [6, 6.07) is 7.37. The van der Waals surface area contributed by atoms with Crippen LogP contribution in [0, 0.1) is 0 Å². The molecular weight excluding hydrogens is 590 g/mol. The van der Waals surface area contributed by atoms with Crippen molar-refractivity contribution in [1.82, 2.24) is 19.7 Å². The quantitative estimate of drug-likeness (QED) is 0.269. The summed E-state index contributed by atoms with van der Waals surface area (Å²) in [5.74, 6) is -0.961. The Bertz CT molecular complexity index is 1550. The Hall–Kier alpha value is -3.37. The summed E-state index contributed by atoms with van der Waals surface area (Å²) < 4.78 is 85.1. The minimum atomic E-state index is -4.23. The number of hydrogen-bond donors (Lipinski definition) is 1. The first-order chi connectivity index (χ1) is 19.5. The Balaban J connectivity index is 1.18. The molecular formula is C25H25F4N5O5S2. The molecule has 1 atom stereocenters. The van der Waals surface area contributed by atoms with E-state index < -0.39 is 58.7 Å². The molecule has 4 heterocycles.